The van der Waals surface area contributed by atoms with Gasteiger partial charge in [0.05, 0.1) is 7.11 Å². The van der Waals surface area contributed by atoms with Crippen molar-refractivity contribution in [1.29, 1.82) is 0 Å². The summed E-state index contributed by atoms with van der Waals surface area (Å²) in [4.78, 5) is 17.7. The van der Waals surface area contributed by atoms with Crippen molar-refractivity contribution < 1.29 is 9.53 Å². The molecule has 0 aromatic heterocycles. The third kappa shape index (κ3) is 5.75. The minimum atomic E-state index is -0.236. The number of piperidine rings is 1. The molecule has 2 unspecified atom stereocenters. The number of carbonyl (C=O) groups is 1. The fourth-order valence-corrected chi connectivity index (χ4v) is 3.73. The molecule has 1 heterocycles. The Kier molecular flexibility index (Phi) is 8.39. The zero-order valence-electron chi connectivity index (χ0n) is 17.3. The molecule has 7 heteroatoms. The number of nitrogens with zero attached hydrogens (tertiary/aromatic N) is 2. The fraction of sp³-hybridized carbons (Fsp3) is 0.619. The van der Waals surface area contributed by atoms with Gasteiger partial charge >= 0.3 is 6.09 Å². The molecule has 2 N–H and O–H groups in total. The van der Waals surface area contributed by atoms with Gasteiger partial charge in [0.1, 0.15) is 0 Å². The molecule has 0 radical (unpaired) electrons. The van der Waals surface area contributed by atoms with Crippen molar-refractivity contribution in [2.75, 3.05) is 27.2 Å². The standard InChI is InChI=1S/C21H32N4O2.HI/c1-14(2)15-5-7-16(8-6-15)18-13-19(18)24-20(22-3)23-17-9-11-25(12-10-17)21(26)27-4;/h5-8,14,17-19H,9-13H2,1-4H3,(H2,22,23,24);1H. The molecule has 1 aliphatic heterocycles. The van der Waals surface area contributed by atoms with E-state index >= 15 is 0 Å². The number of likely N-dealkylation sites (tertiary alicyclic amines) is 1. The smallest absolute Gasteiger partial charge is 0.409 e. The summed E-state index contributed by atoms with van der Waals surface area (Å²) in [5.41, 5.74) is 2.79. The van der Waals surface area contributed by atoms with E-state index in [2.05, 4.69) is 53.7 Å². The lowest BCUT2D eigenvalue weighted by Crippen LogP contribution is -2.50. The van der Waals surface area contributed by atoms with Gasteiger partial charge < -0.3 is 20.3 Å². The number of nitrogens with one attached hydrogen (secondary N) is 2. The average molecular weight is 500 g/mol. The maximum absolute atomic E-state index is 11.6. The first-order chi connectivity index (χ1) is 13.0. The van der Waals surface area contributed by atoms with E-state index in [1.165, 1.54) is 18.2 Å². The van der Waals surface area contributed by atoms with Crippen molar-refractivity contribution in [1.82, 2.24) is 15.5 Å². The summed E-state index contributed by atoms with van der Waals surface area (Å²) in [6.07, 6.45) is 2.71. The van der Waals surface area contributed by atoms with Crippen molar-refractivity contribution >= 4 is 36.0 Å². The Morgan fingerprint density at radius 2 is 1.82 bits per heavy atom. The van der Waals surface area contributed by atoms with Crippen LogP contribution in [0.15, 0.2) is 29.3 Å². The second-order valence-corrected chi connectivity index (χ2v) is 7.86. The van der Waals surface area contributed by atoms with Crippen molar-refractivity contribution in [2.24, 2.45) is 4.99 Å². The number of methoxy groups -OCH3 is 1. The van der Waals surface area contributed by atoms with Gasteiger partial charge in [-0.2, -0.15) is 0 Å². The van der Waals surface area contributed by atoms with Gasteiger partial charge in [0.2, 0.25) is 0 Å². The number of aliphatic imine (C=N–C) groups is 1. The molecule has 1 aromatic rings. The van der Waals surface area contributed by atoms with Crippen LogP contribution in [0.1, 0.15) is 56.1 Å². The molecule has 2 fully saturated rings. The van der Waals surface area contributed by atoms with Crippen LogP contribution in [-0.4, -0.2) is 56.3 Å². The minimum absolute atomic E-state index is 0. The first-order valence-electron chi connectivity index (χ1n) is 9.94. The van der Waals surface area contributed by atoms with E-state index in [0.717, 1.165) is 38.3 Å². The molecule has 28 heavy (non-hydrogen) atoms. The largest absolute Gasteiger partial charge is 0.453 e. The van der Waals surface area contributed by atoms with E-state index in [0.29, 0.717) is 23.9 Å². The zero-order chi connectivity index (χ0) is 19.4. The van der Waals surface area contributed by atoms with Crippen molar-refractivity contribution in [3.05, 3.63) is 35.4 Å². The molecule has 0 spiro atoms. The number of amides is 1. The first kappa shape index (κ1) is 22.8. The van der Waals surface area contributed by atoms with E-state index in [1.807, 2.05) is 7.05 Å². The summed E-state index contributed by atoms with van der Waals surface area (Å²) in [5, 5.41) is 7.06. The van der Waals surface area contributed by atoms with Crippen LogP contribution in [0, 0.1) is 0 Å². The highest BCUT2D eigenvalue weighted by Gasteiger charge is 2.39. The monoisotopic (exact) mass is 500 g/mol. The molecule has 0 bridgehead atoms. The summed E-state index contributed by atoms with van der Waals surface area (Å²) in [6, 6.07) is 9.80. The number of carbonyl (C=O) groups excluding carboxylic acids is 1. The maximum atomic E-state index is 11.6. The summed E-state index contributed by atoms with van der Waals surface area (Å²) in [6.45, 7) is 5.88. The lowest BCUT2D eigenvalue weighted by molar-refractivity contribution is 0.111. The molecule has 2 atom stereocenters. The fourth-order valence-electron chi connectivity index (χ4n) is 3.73. The van der Waals surface area contributed by atoms with E-state index in [4.69, 9.17) is 4.74 Å². The predicted molar refractivity (Wildman–Crippen MR) is 124 cm³/mol. The van der Waals surface area contributed by atoms with Crippen molar-refractivity contribution in [3.8, 4) is 0 Å². The van der Waals surface area contributed by atoms with E-state index in [-0.39, 0.29) is 30.1 Å². The highest BCUT2D eigenvalue weighted by molar-refractivity contribution is 14.0. The van der Waals surface area contributed by atoms with Crippen LogP contribution in [0.4, 0.5) is 4.79 Å². The highest BCUT2D eigenvalue weighted by atomic mass is 127. The zero-order valence-corrected chi connectivity index (χ0v) is 19.6. The first-order valence-corrected chi connectivity index (χ1v) is 9.94. The quantitative estimate of drug-likeness (QED) is 0.376. The summed E-state index contributed by atoms with van der Waals surface area (Å²) in [7, 11) is 3.24. The summed E-state index contributed by atoms with van der Waals surface area (Å²) >= 11 is 0. The topological polar surface area (TPSA) is 66.0 Å². The molecule has 2 aliphatic rings. The Bertz CT molecular complexity index is 669. The lowest BCUT2D eigenvalue weighted by atomic mass is 10.0. The van der Waals surface area contributed by atoms with Gasteiger partial charge in [-0.25, -0.2) is 4.79 Å². The molecule has 3 rings (SSSR count). The summed E-state index contributed by atoms with van der Waals surface area (Å²) < 4.78 is 4.79. The molecule has 1 aliphatic carbocycles. The number of benzene rings is 1. The van der Waals surface area contributed by atoms with Gasteiger partial charge in [0.25, 0.3) is 0 Å². The molecule has 1 saturated carbocycles. The van der Waals surface area contributed by atoms with Crippen LogP contribution in [0.3, 0.4) is 0 Å². The molecule has 1 saturated heterocycles. The van der Waals surface area contributed by atoms with Gasteiger partial charge in [0.15, 0.2) is 5.96 Å². The number of guanidine groups is 1. The summed E-state index contributed by atoms with van der Waals surface area (Å²) in [5.74, 6) is 1.99. The molecule has 1 aromatic carbocycles. The normalized spacial score (nSPS) is 22.5. The third-order valence-corrected chi connectivity index (χ3v) is 5.64. The molecule has 1 amide bonds. The van der Waals surface area contributed by atoms with Gasteiger partial charge in [-0.3, -0.25) is 4.99 Å². The number of rotatable bonds is 4. The number of halogens is 1. The molecule has 156 valence electrons. The van der Waals surface area contributed by atoms with Gasteiger partial charge in [0, 0.05) is 38.1 Å². The number of ether oxygens (including phenoxy) is 1. The van der Waals surface area contributed by atoms with Crippen LogP contribution in [0.5, 0.6) is 0 Å². The van der Waals surface area contributed by atoms with Crippen molar-refractivity contribution in [2.45, 2.75) is 57.0 Å². The molecular formula is C21H33IN4O2. The Balaban J connectivity index is 0.00000280. The van der Waals surface area contributed by atoms with Crippen LogP contribution >= 0.6 is 24.0 Å². The van der Waals surface area contributed by atoms with E-state index in [1.54, 1.807) is 4.90 Å². The Hall–Kier alpha value is -1.51. The number of hydrogen-bond donors (Lipinski definition) is 2. The van der Waals surface area contributed by atoms with Crippen LogP contribution in [0.2, 0.25) is 0 Å². The van der Waals surface area contributed by atoms with Gasteiger partial charge in [-0.1, -0.05) is 38.1 Å². The second-order valence-electron chi connectivity index (χ2n) is 7.86. The SMILES string of the molecule is CN=C(NC1CCN(C(=O)OC)CC1)NC1CC1c1ccc(C(C)C)cc1.I. The van der Waals surface area contributed by atoms with Crippen LogP contribution in [-0.2, 0) is 4.74 Å². The van der Waals surface area contributed by atoms with Gasteiger partial charge in [-0.15, -0.1) is 24.0 Å². The predicted octanol–water partition coefficient (Wildman–Crippen LogP) is 3.68. The third-order valence-electron chi connectivity index (χ3n) is 5.64. The minimum Gasteiger partial charge on any atom is -0.453 e. The Labute approximate surface area is 185 Å². The highest BCUT2D eigenvalue weighted by Crippen LogP contribution is 2.41. The van der Waals surface area contributed by atoms with Gasteiger partial charge in [-0.05, 0) is 36.3 Å². The Morgan fingerprint density at radius 3 is 2.36 bits per heavy atom. The van der Waals surface area contributed by atoms with Crippen molar-refractivity contribution in [3.63, 3.8) is 0 Å². The molecular weight excluding hydrogens is 467 g/mol. The maximum Gasteiger partial charge on any atom is 0.409 e. The van der Waals surface area contributed by atoms with Crippen LogP contribution in [0.25, 0.3) is 0 Å². The average Bonchev–Trinajstić information content (AvgIpc) is 3.46. The number of hydrogen-bond acceptors (Lipinski definition) is 3. The van der Waals surface area contributed by atoms with E-state index < -0.39 is 0 Å². The Morgan fingerprint density at radius 1 is 1.18 bits per heavy atom. The molecule has 6 nitrogen and oxygen atoms in total. The van der Waals surface area contributed by atoms with Crippen LogP contribution < -0.4 is 10.6 Å². The van der Waals surface area contributed by atoms with E-state index in [9.17, 15) is 4.79 Å². The second kappa shape index (κ2) is 10.3. The lowest BCUT2D eigenvalue weighted by Gasteiger charge is -2.32.